The van der Waals surface area contributed by atoms with Crippen molar-refractivity contribution >= 4 is 39.3 Å². The highest BCUT2D eigenvalue weighted by molar-refractivity contribution is 9.10. The molecule has 0 atom stereocenters. The van der Waals surface area contributed by atoms with Gasteiger partial charge in [0.25, 0.3) is 5.91 Å². The van der Waals surface area contributed by atoms with Gasteiger partial charge in [-0.25, -0.2) is 9.37 Å². The van der Waals surface area contributed by atoms with Gasteiger partial charge in [-0.1, -0.05) is 33.8 Å². The number of amides is 1. The van der Waals surface area contributed by atoms with E-state index in [9.17, 15) is 9.18 Å². The third-order valence-electron chi connectivity index (χ3n) is 3.16. The summed E-state index contributed by atoms with van der Waals surface area (Å²) in [5.41, 5.74) is 0.609. The lowest BCUT2D eigenvalue weighted by molar-refractivity contribution is 0.102. The van der Waals surface area contributed by atoms with Crippen molar-refractivity contribution in [1.29, 1.82) is 0 Å². The van der Waals surface area contributed by atoms with Gasteiger partial charge in [0, 0.05) is 21.1 Å². The minimum absolute atomic E-state index is 0.148. The van der Waals surface area contributed by atoms with Crippen LogP contribution >= 0.6 is 27.7 Å². The van der Waals surface area contributed by atoms with Crippen molar-refractivity contribution in [1.82, 2.24) is 4.98 Å². The highest BCUT2D eigenvalue weighted by atomic mass is 79.9. The van der Waals surface area contributed by atoms with Crippen LogP contribution in [-0.4, -0.2) is 10.9 Å². The second-order valence-electron chi connectivity index (χ2n) is 4.87. The van der Waals surface area contributed by atoms with E-state index in [1.54, 1.807) is 24.4 Å². The number of hydrogen-bond donors (Lipinski definition) is 1. The summed E-state index contributed by atoms with van der Waals surface area (Å²) in [6, 6.07) is 17.3. The molecule has 0 fully saturated rings. The van der Waals surface area contributed by atoms with Crippen molar-refractivity contribution in [3.63, 3.8) is 0 Å². The number of rotatable bonds is 4. The van der Waals surface area contributed by atoms with Crippen LogP contribution in [-0.2, 0) is 0 Å². The molecule has 120 valence electrons. The van der Waals surface area contributed by atoms with E-state index in [4.69, 9.17) is 0 Å². The van der Waals surface area contributed by atoms with Gasteiger partial charge in [-0.15, -0.1) is 0 Å². The Balaban J connectivity index is 1.69. The topological polar surface area (TPSA) is 42.0 Å². The van der Waals surface area contributed by atoms with E-state index in [0.717, 1.165) is 9.92 Å². The molecule has 0 spiro atoms. The summed E-state index contributed by atoms with van der Waals surface area (Å²) in [5, 5.41) is 3.45. The summed E-state index contributed by atoms with van der Waals surface area (Å²) in [5.74, 6) is -0.842. The van der Waals surface area contributed by atoms with E-state index in [0.29, 0.717) is 10.0 Å². The Morgan fingerprint density at radius 2 is 1.88 bits per heavy atom. The molecular weight excluding hydrogens is 391 g/mol. The summed E-state index contributed by atoms with van der Waals surface area (Å²) < 4.78 is 14.4. The first-order chi connectivity index (χ1) is 11.6. The van der Waals surface area contributed by atoms with E-state index in [1.807, 2.05) is 30.3 Å². The van der Waals surface area contributed by atoms with Crippen LogP contribution in [0.25, 0.3) is 0 Å². The number of halogens is 2. The summed E-state index contributed by atoms with van der Waals surface area (Å²) in [7, 11) is 0. The third-order valence-corrected chi connectivity index (χ3v) is 4.61. The molecule has 1 N–H and O–H groups in total. The minimum atomic E-state index is -0.486. The largest absolute Gasteiger partial charge is 0.319 e. The van der Waals surface area contributed by atoms with Gasteiger partial charge in [-0.05, 0) is 54.6 Å². The molecule has 0 saturated heterocycles. The number of benzene rings is 2. The minimum Gasteiger partial charge on any atom is -0.319 e. The molecule has 3 rings (SSSR count). The summed E-state index contributed by atoms with van der Waals surface area (Å²) in [6.45, 7) is 0. The zero-order valence-electron chi connectivity index (χ0n) is 12.4. The Morgan fingerprint density at radius 3 is 2.54 bits per heavy atom. The SMILES string of the molecule is O=C(Nc1ccc(Br)cc1F)c1ccc(Sc2ccccn2)cc1. The van der Waals surface area contributed by atoms with E-state index in [1.165, 1.54) is 23.9 Å². The molecule has 1 aromatic heterocycles. The molecule has 1 heterocycles. The fourth-order valence-electron chi connectivity index (χ4n) is 1.99. The van der Waals surface area contributed by atoms with Crippen LogP contribution in [0.4, 0.5) is 10.1 Å². The number of nitrogens with zero attached hydrogens (tertiary/aromatic N) is 1. The fraction of sp³-hybridized carbons (Fsp3) is 0. The molecule has 6 heteroatoms. The lowest BCUT2D eigenvalue weighted by Gasteiger charge is -2.07. The molecule has 2 aromatic carbocycles. The van der Waals surface area contributed by atoms with Crippen LogP contribution < -0.4 is 5.32 Å². The molecule has 0 radical (unpaired) electrons. The Kier molecular flexibility index (Phi) is 5.27. The normalized spacial score (nSPS) is 10.4. The van der Waals surface area contributed by atoms with Crippen LogP contribution in [0.15, 0.2) is 81.3 Å². The lowest BCUT2D eigenvalue weighted by atomic mass is 10.2. The zero-order chi connectivity index (χ0) is 16.9. The molecule has 0 aliphatic rings. The van der Waals surface area contributed by atoms with Crippen LogP contribution in [0.2, 0.25) is 0 Å². The number of pyridine rings is 1. The molecule has 0 unspecified atom stereocenters. The van der Waals surface area contributed by atoms with Crippen molar-refractivity contribution in [2.24, 2.45) is 0 Å². The van der Waals surface area contributed by atoms with Crippen molar-refractivity contribution in [2.45, 2.75) is 9.92 Å². The number of anilines is 1. The van der Waals surface area contributed by atoms with Gasteiger partial charge < -0.3 is 5.32 Å². The number of hydrogen-bond acceptors (Lipinski definition) is 3. The zero-order valence-corrected chi connectivity index (χ0v) is 14.8. The molecule has 0 aliphatic heterocycles. The van der Waals surface area contributed by atoms with E-state index >= 15 is 0 Å². The van der Waals surface area contributed by atoms with Gasteiger partial charge in [0.05, 0.1) is 5.69 Å². The highest BCUT2D eigenvalue weighted by Crippen LogP contribution is 2.26. The smallest absolute Gasteiger partial charge is 0.255 e. The summed E-state index contributed by atoms with van der Waals surface area (Å²) >= 11 is 4.69. The Morgan fingerprint density at radius 1 is 1.08 bits per heavy atom. The van der Waals surface area contributed by atoms with Gasteiger partial charge in [-0.3, -0.25) is 4.79 Å². The number of carbonyl (C=O) groups is 1. The first kappa shape index (κ1) is 16.7. The van der Waals surface area contributed by atoms with Crippen LogP contribution in [0.3, 0.4) is 0 Å². The standard InChI is InChI=1S/C18H12BrFN2OS/c19-13-6-9-16(15(20)11-13)22-18(23)12-4-7-14(8-5-12)24-17-3-1-2-10-21-17/h1-11H,(H,22,23). The molecule has 3 nitrogen and oxygen atoms in total. The van der Waals surface area contributed by atoms with Crippen molar-refractivity contribution < 1.29 is 9.18 Å². The first-order valence-corrected chi connectivity index (χ1v) is 8.68. The number of carbonyl (C=O) groups excluding carboxylic acids is 1. The molecule has 0 aliphatic carbocycles. The maximum Gasteiger partial charge on any atom is 0.255 e. The van der Waals surface area contributed by atoms with Crippen molar-refractivity contribution in [3.05, 3.63) is 82.7 Å². The average molecular weight is 403 g/mol. The van der Waals surface area contributed by atoms with Gasteiger partial charge in [0.1, 0.15) is 10.8 Å². The first-order valence-electron chi connectivity index (χ1n) is 7.07. The predicted octanol–water partition coefficient (Wildman–Crippen LogP) is 5.39. The Hall–Kier alpha value is -2.18. The van der Waals surface area contributed by atoms with Gasteiger partial charge in [-0.2, -0.15) is 0 Å². The van der Waals surface area contributed by atoms with Gasteiger partial charge in [0.15, 0.2) is 0 Å². The van der Waals surface area contributed by atoms with E-state index in [-0.39, 0.29) is 11.6 Å². The Bertz CT molecular complexity index is 857. The summed E-state index contributed by atoms with van der Waals surface area (Å²) in [4.78, 5) is 17.4. The second-order valence-corrected chi connectivity index (χ2v) is 6.88. The third kappa shape index (κ3) is 4.21. The number of nitrogens with one attached hydrogen (secondary N) is 1. The van der Waals surface area contributed by atoms with Crippen LogP contribution in [0, 0.1) is 5.82 Å². The molecule has 0 bridgehead atoms. The van der Waals surface area contributed by atoms with Gasteiger partial charge >= 0.3 is 0 Å². The van der Waals surface area contributed by atoms with E-state index < -0.39 is 5.82 Å². The summed E-state index contributed by atoms with van der Waals surface area (Å²) in [6.07, 6.45) is 1.73. The van der Waals surface area contributed by atoms with Gasteiger partial charge in [0.2, 0.25) is 0 Å². The molecule has 0 saturated carbocycles. The quantitative estimate of drug-likeness (QED) is 0.636. The average Bonchev–Trinajstić information content (AvgIpc) is 2.59. The fourth-order valence-corrected chi connectivity index (χ4v) is 3.09. The van der Waals surface area contributed by atoms with Crippen molar-refractivity contribution in [2.75, 3.05) is 5.32 Å². The maximum absolute atomic E-state index is 13.8. The second kappa shape index (κ2) is 7.59. The molecule has 24 heavy (non-hydrogen) atoms. The number of aromatic nitrogens is 1. The van der Waals surface area contributed by atoms with Crippen molar-refractivity contribution in [3.8, 4) is 0 Å². The molecule has 3 aromatic rings. The molecule has 1 amide bonds. The monoisotopic (exact) mass is 402 g/mol. The maximum atomic E-state index is 13.8. The predicted molar refractivity (Wildman–Crippen MR) is 96.9 cm³/mol. The van der Waals surface area contributed by atoms with Crippen LogP contribution in [0.1, 0.15) is 10.4 Å². The Labute approximate surface area is 151 Å². The lowest BCUT2D eigenvalue weighted by Crippen LogP contribution is -2.12. The van der Waals surface area contributed by atoms with Crippen LogP contribution in [0.5, 0.6) is 0 Å². The highest BCUT2D eigenvalue weighted by Gasteiger charge is 2.10. The van der Waals surface area contributed by atoms with E-state index in [2.05, 4.69) is 26.2 Å². The molecular formula is C18H12BrFN2OS.